The highest BCUT2D eigenvalue weighted by atomic mass is 79.9. The fourth-order valence-corrected chi connectivity index (χ4v) is 3.48. The number of cyclic esters (lactones) is 1. The lowest BCUT2D eigenvalue weighted by molar-refractivity contribution is -0.385. The normalized spacial score (nSPS) is 15.7. The number of hydrogen-bond donors (Lipinski definition) is 0. The van der Waals surface area contributed by atoms with Crippen LogP contribution < -0.4 is 0 Å². The van der Waals surface area contributed by atoms with E-state index in [-0.39, 0.29) is 17.3 Å². The van der Waals surface area contributed by atoms with Gasteiger partial charge in [0.25, 0.3) is 5.69 Å². The van der Waals surface area contributed by atoms with Crippen LogP contribution in [0.3, 0.4) is 0 Å². The molecule has 0 radical (unpaired) electrons. The van der Waals surface area contributed by atoms with E-state index in [1.54, 1.807) is 19.1 Å². The number of aliphatic imine (C=N–C) groups is 1. The van der Waals surface area contributed by atoms with Gasteiger partial charge in [0.05, 0.1) is 8.71 Å². The molecule has 2 aromatic rings. The minimum atomic E-state index is -0.574. The quantitative estimate of drug-likeness (QED) is 0.341. The predicted octanol–water partition coefficient (Wildman–Crippen LogP) is 4.07. The molecule has 1 aromatic carbocycles. The number of carbonyl (C=O) groups is 1. The molecule has 0 aliphatic carbocycles. The van der Waals surface area contributed by atoms with Gasteiger partial charge in [0, 0.05) is 22.1 Å². The molecular weight excluding hydrogens is 384 g/mol. The molecule has 0 spiro atoms. The Kier molecular flexibility index (Phi) is 4.10. The summed E-state index contributed by atoms with van der Waals surface area (Å²) < 4.78 is 6.11. The number of benzene rings is 1. The van der Waals surface area contributed by atoms with Gasteiger partial charge in [-0.1, -0.05) is 6.07 Å². The largest absolute Gasteiger partial charge is 0.402 e. The Morgan fingerprint density at radius 1 is 1.35 bits per heavy atom. The second kappa shape index (κ2) is 6.05. The van der Waals surface area contributed by atoms with Crippen molar-refractivity contribution in [2.24, 2.45) is 4.99 Å². The number of hydrogen-bond acceptors (Lipinski definition) is 6. The molecule has 0 fully saturated rings. The Labute approximate surface area is 143 Å². The van der Waals surface area contributed by atoms with Crippen molar-refractivity contribution in [2.45, 2.75) is 6.92 Å². The number of thiophene rings is 1. The molecule has 3 rings (SSSR count). The fraction of sp³-hybridized carbons (Fsp3) is 0.0667. The summed E-state index contributed by atoms with van der Waals surface area (Å²) in [7, 11) is 0. The summed E-state index contributed by atoms with van der Waals surface area (Å²) in [6, 6.07) is 8.29. The summed E-state index contributed by atoms with van der Waals surface area (Å²) in [5, 5.41) is 11.0. The molecule has 116 valence electrons. The second-order valence-electron chi connectivity index (χ2n) is 4.68. The number of nitro benzene ring substituents is 1. The number of carbonyl (C=O) groups excluding carboxylic acids is 1. The third-order valence-corrected chi connectivity index (χ3v) is 4.80. The molecule has 0 N–H and O–H groups in total. The van der Waals surface area contributed by atoms with Crippen molar-refractivity contribution in [2.75, 3.05) is 0 Å². The molecule has 1 aliphatic heterocycles. The minimum absolute atomic E-state index is 0.0409. The highest BCUT2D eigenvalue weighted by molar-refractivity contribution is 9.11. The van der Waals surface area contributed by atoms with E-state index >= 15 is 0 Å². The average molecular weight is 393 g/mol. The Balaban J connectivity index is 2.01. The zero-order valence-electron chi connectivity index (χ0n) is 11.8. The monoisotopic (exact) mass is 392 g/mol. The van der Waals surface area contributed by atoms with Gasteiger partial charge in [0.15, 0.2) is 5.70 Å². The number of nitrogens with zero attached hydrogens (tertiary/aromatic N) is 2. The molecule has 0 unspecified atom stereocenters. The van der Waals surface area contributed by atoms with Crippen LogP contribution in [0.2, 0.25) is 0 Å². The third kappa shape index (κ3) is 3.08. The van der Waals surface area contributed by atoms with Crippen LogP contribution in [0, 0.1) is 17.0 Å². The van der Waals surface area contributed by atoms with Gasteiger partial charge in [-0.15, -0.1) is 11.3 Å². The number of esters is 1. The molecule has 0 bridgehead atoms. The van der Waals surface area contributed by atoms with E-state index < -0.39 is 10.9 Å². The van der Waals surface area contributed by atoms with Crippen LogP contribution in [-0.2, 0) is 9.53 Å². The Hall–Kier alpha value is -2.32. The zero-order chi connectivity index (χ0) is 16.6. The van der Waals surface area contributed by atoms with E-state index in [1.807, 2.05) is 12.1 Å². The molecule has 2 heterocycles. The van der Waals surface area contributed by atoms with Crippen LogP contribution in [-0.4, -0.2) is 16.8 Å². The molecule has 0 saturated carbocycles. The average Bonchev–Trinajstić information content (AvgIpc) is 3.06. The third-order valence-electron chi connectivity index (χ3n) is 3.23. The van der Waals surface area contributed by atoms with Gasteiger partial charge in [-0.25, -0.2) is 9.79 Å². The van der Waals surface area contributed by atoms with Crippen LogP contribution in [0.25, 0.3) is 6.08 Å². The first-order valence-electron chi connectivity index (χ1n) is 6.48. The molecule has 0 atom stereocenters. The number of halogens is 1. The summed E-state index contributed by atoms with van der Waals surface area (Å²) >= 11 is 4.81. The zero-order valence-corrected chi connectivity index (χ0v) is 14.2. The van der Waals surface area contributed by atoms with Crippen molar-refractivity contribution in [1.29, 1.82) is 0 Å². The number of ether oxygens (including phenoxy) is 1. The van der Waals surface area contributed by atoms with E-state index in [1.165, 1.54) is 23.5 Å². The lowest BCUT2D eigenvalue weighted by atomic mass is 10.1. The van der Waals surface area contributed by atoms with Crippen molar-refractivity contribution in [3.8, 4) is 0 Å². The smallest absolute Gasteiger partial charge is 0.363 e. The summed E-state index contributed by atoms with van der Waals surface area (Å²) in [6.07, 6.45) is 1.62. The SMILES string of the molecule is Cc1c(C2=N/C(=C\c3ccc(Br)s3)C(=O)O2)cccc1[N+](=O)[O-]. The standard InChI is InChI=1S/C15H9BrN2O4S/c1-8-10(3-2-4-12(8)18(20)21)14-17-11(15(19)22-14)7-9-5-6-13(16)23-9/h2-7H,1H3/b11-7-. The topological polar surface area (TPSA) is 81.8 Å². The molecule has 6 nitrogen and oxygen atoms in total. The van der Waals surface area contributed by atoms with Crippen molar-refractivity contribution in [3.05, 3.63) is 65.9 Å². The maximum atomic E-state index is 12.0. The number of nitro groups is 1. The molecule has 0 amide bonds. The van der Waals surface area contributed by atoms with Crippen molar-refractivity contribution in [3.63, 3.8) is 0 Å². The van der Waals surface area contributed by atoms with Crippen molar-refractivity contribution < 1.29 is 14.5 Å². The second-order valence-corrected chi connectivity index (χ2v) is 7.18. The first-order valence-corrected chi connectivity index (χ1v) is 8.09. The molecule has 1 aliphatic rings. The summed E-state index contributed by atoms with van der Waals surface area (Å²) in [5.41, 5.74) is 0.966. The van der Waals surface area contributed by atoms with Crippen LogP contribution in [0.4, 0.5) is 5.69 Å². The molecular formula is C15H9BrN2O4S. The van der Waals surface area contributed by atoms with E-state index in [0.717, 1.165) is 8.66 Å². The lowest BCUT2D eigenvalue weighted by Crippen LogP contribution is -2.08. The predicted molar refractivity (Wildman–Crippen MR) is 90.5 cm³/mol. The van der Waals surface area contributed by atoms with Gasteiger partial charge in [0.2, 0.25) is 5.90 Å². The molecule has 8 heteroatoms. The van der Waals surface area contributed by atoms with Gasteiger partial charge >= 0.3 is 5.97 Å². The van der Waals surface area contributed by atoms with E-state index in [9.17, 15) is 14.9 Å². The van der Waals surface area contributed by atoms with Gasteiger partial charge in [-0.3, -0.25) is 10.1 Å². The summed E-state index contributed by atoms with van der Waals surface area (Å²) in [5.74, 6) is -0.492. The van der Waals surface area contributed by atoms with Gasteiger partial charge < -0.3 is 4.74 Å². The van der Waals surface area contributed by atoms with Crippen LogP contribution in [0.5, 0.6) is 0 Å². The first-order chi connectivity index (χ1) is 11.0. The van der Waals surface area contributed by atoms with E-state index in [0.29, 0.717) is 11.1 Å². The lowest BCUT2D eigenvalue weighted by Gasteiger charge is -2.04. The van der Waals surface area contributed by atoms with Gasteiger partial charge in [0.1, 0.15) is 0 Å². The van der Waals surface area contributed by atoms with Gasteiger partial charge in [-0.2, -0.15) is 0 Å². The van der Waals surface area contributed by atoms with Crippen molar-refractivity contribution >= 4 is 50.9 Å². The minimum Gasteiger partial charge on any atom is -0.402 e. The van der Waals surface area contributed by atoms with Crippen molar-refractivity contribution in [1.82, 2.24) is 0 Å². The van der Waals surface area contributed by atoms with Crippen LogP contribution >= 0.6 is 27.3 Å². The molecule has 1 aromatic heterocycles. The molecule has 23 heavy (non-hydrogen) atoms. The number of rotatable bonds is 3. The Bertz CT molecular complexity index is 885. The maximum Gasteiger partial charge on any atom is 0.363 e. The fourth-order valence-electron chi connectivity index (χ4n) is 2.12. The first kappa shape index (κ1) is 15.6. The summed E-state index contributed by atoms with van der Waals surface area (Å²) in [4.78, 5) is 27.5. The highest BCUT2D eigenvalue weighted by Gasteiger charge is 2.27. The van der Waals surface area contributed by atoms with E-state index in [2.05, 4.69) is 20.9 Å². The van der Waals surface area contributed by atoms with Gasteiger partial charge in [-0.05, 0) is 47.1 Å². The Morgan fingerprint density at radius 3 is 2.78 bits per heavy atom. The maximum absolute atomic E-state index is 12.0. The summed E-state index contributed by atoms with van der Waals surface area (Å²) in [6.45, 7) is 1.60. The van der Waals surface area contributed by atoms with E-state index in [4.69, 9.17) is 4.74 Å². The van der Waals surface area contributed by atoms with Crippen LogP contribution in [0.15, 0.2) is 44.8 Å². The Morgan fingerprint density at radius 2 is 2.13 bits per heavy atom. The molecule has 0 saturated heterocycles. The highest BCUT2D eigenvalue weighted by Crippen LogP contribution is 2.28. The van der Waals surface area contributed by atoms with Crippen LogP contribution in [0.1, 0.15) is 16.0 Å².